The molecular weight excluding hydrogens is 572 g/mol. The maximum absolute atomic E-state index is 13.4. The van der Waals surface area contributed by atoms with E-state index in [9.17, 15) is 14.7 Å². The second-order valence-electron chi connectivity index (χ2n) is 12.8. The number of rotatable bonds is 3. The summed E-state index contributed by atoms with van der Waals surface area (Å²) in [6, 6.07) is 13.4. The Labute approximate surface area is 262 Å². The maximum atomic E-state index is 13.4. The third-order valence-electron chi connectivity index (χ3n) is 8.06. The molecular formula is C33H40N8O4. The first kappa shape index (κ1) is 30.3. The Bertz CT molecular complexity index is 1790. The summed E-state index contributed by atoms with van der Waals surface area (Å²) < 4.78 is 8.85. The van der Waals surface area contributed by atoms with Gasteiger partial charge >= 0.3 is 6.09 Å². The van der Waals surface area contributed by atoms with Crippen molar-refractivity contribution in [3.8, 4) is 5.82 Å². The minimum Gasteiger partial charge on any atom is -0.444 e. The van der Waals surface area contributed by atoms with Gasteiger partial charge in [-0.05, 0) is 83.4 Å². The number of allylic oxidation sites excluding steroid dienone is 2. The van der Waals surface area contributed by atoms with Crippen LogP contribution in [0.3, 0.4) is 0 Å². The Kier molecular flexibility index (Phi) is 8.08. The van der Waals surface area contributed by atoms with E-state index in [1.54, 1.807) is 33.3 Å². The molecule has 0 saturated carbocycles. The lowest BCUT2D eigenvalue weighted by Gasteiger charge is -2.27. The molecule has 2 bridgehead atoms. The second-order valence-corrected chi connectivity index (χ2v) is 12.8. The second kappa shape index (κ2) is 12.0. The fourth-order valence-corrected chi connectivity index (χ4v) is 5.68. The molecule has 5 heterocycles. The van der Waals surface area contributed by atoms with Gasteiger partial charge in [-0.2, -0.15) is 4.98 Å². The maximum Gasteiger partial charge on any atom is 0.410 e. The van der Waals surface area contributed by atoms with Crippen LogP contribution < -0.4 is 15.8 Å². The van der Waals surface area contributed by atoms with Crippen molar-refractivity contribution in [2.24, 2.45) is 0 Å². The van der Waals surface area contributed by atoms with E-state index in [4.69, 9.17) is 14.7 Å². The van der Waals surface area contributed by atoms with Gasteiger partial charge in [-0.1, -0.05) is 18.2 Å². The third-order valence-corrected chi connectivity index (χ3v) is 8.06. The van der Waals surface area contributed by atoms with Crippen LogP contribution >= 0.6 is 0 Å². The van der Waals surface area contributed by atoms with E-state index >= 15 is 0 Å². The molecule has 6 rings (SSSR count). The predicted molar refractivity (Wildman–Crippen MR) is 173 cm³/mol. The zero-order valence-corrected chi connectivity index (χ0v) is 26.2. The summed E-state index contributed by atoms with van der Waals surface area (Å²) in [5, 5.41) is 14.7. The summed E-state index contributed by atoms with van der Waals surface area (Å²) in [6.07, 6.45) is 7.19. The van der Waals surface area contributed by atoms with E-state index in [0.717, 1.165) is 24.3 Å². The highest BCUT2D eigenvalue weighted by Crippen LogP contribution is 2.27. The first-order valence-corrected chi connectivity index (χ1v) is 15.4. The van der Waals surface area contributed by atoms with Gasteiger partial charge < -0.3 is 25.0 Å². The van der Waals surface area contributed by atoms with Gasteiger partial charge in [-0.3, -0.25) is 4.79 Å². The number of aliphatic hydroxyl groups is 1. The quantitative estimate of drug-likeness (QED) is 0.316. The van der Waals surface area contributed by atoms with Crippen molar-refractivity contribution in [3.63, 3.8) is 0 Å². The number of fused-ring (bicyclic) bond motifs is 6. The molecule has 0 spiro atoms. The Morgan fingerprint density at radius 3 is 2.60 bits per heavy atom. The Hall–Kier alpha value is -4.71. The highest BCUT2D eigenvalue weighted by Gasteiger charge is 2.27. The number of carbonyl (C=O) groups is 1. The van der Waals surface area contributed by atoms with E-state index in [2.05, 4.69) is 15.2 Å². The molecule has 1 atom stereocenters. The molecule has 4 aromatic rings. The van der Waals surface area contributed by atoms with Crippen LogP contribution in [-0.4, -0.2) is 72.2 Å². The fraction of sp³-hybridized carbons (Fsp3) is 0.424. The first-order valence-electron chi connectivity index (χ1n) is 15.4. The molecule has 1 saturated heterocycles. The molecule has 1 unspecified atom stereocenters. The third kappa shape index (κ3) is 6.56. The number of hydrogen-bond acceptors (Lipinski definition) is 9. The number of pyridine rings is 1. The van der Waals surface area contributed by atoms with Crippen LogP contribution in [0.2, 0.25) is 0 Å². The van der Waals surface area contributed by atoms with E-state index in [1.165, 1.54) is 6.20 Å². The van der Waals surface area contributed by atoms with Gasteiger partial charge in [0.15, 0.2) is 11.5 Å². The molecule has 0 radical (unpaired) electrons. The lowest BCUT2D eigenvalue weighted by Crippen LogP contribution is -2.39. The van der Waals surface area contributed by atoms with Gasteiger partial charge in [-0.15, -0.1) is 0 Å². The summed E-state index contributed by atoms with van der Waals surface area (Å²) in [4.78, 5) is 44.0. The molecule has 236 valence electrons. The fourth-order valence-electron chi connectivity index (χ4n) is 5.68. The van der Waals surface area contributed by atoms with Crippen molar-refractivity contribution in [2.45, 2.75) is 64.7 Å². The molecule has 2 N–H and O–H groups in total. The summed E-state index contributed by atoms with van der Waals surface area (Å²) in [5.41, 5.74) is 0.956. The standard InChI is InChI=1S/C33H40N8O4/c1-32(2,3)45-31(43)39-18-9-17-38(20-21-39)24-14-12-23(13-15-24)35-30-34-22-25-28(37-30)41-27-11-8-10-26(36-27)33(4,44)16-6-5-7-19-40(41)29(25)42/h5,7-8,10-15,22,44H,6,9,16-21H2,1-4H3,(H,34,35,37)/b7-5-. The highest BCUT2D eigenvalue weighted by atomic mass is 16.6. The minimum absolute atomic E-state index is 0.216. The monoisotopic (exact) mass is 612 g/mol. The van der Waals surface area contributed by atoms with Gasteiger partial charge in [-0.25, -0.2) is 24.1 Å². The van der Waals surface area contributed by atoms with Gasteiger partial charge in [0.2, 0.25) is 5.95 Å². The molecule has 12 heteroatoms. The molecule has 12 nitrogen and oxygen atoms in total. The van der Waals surface area contributed by atoms with Crippen LogP contribution in [0, 0.1) is 0 Å². The summed E-state index contributed by atoms with van der Waals surface area (Å²) in [6.45, 7) is 10.5. The summed E-state index contributed by atoms with van der Waals surface area (Å²) in [7, 11) is 0. The van der Waals surface area contributed by atoms with E-state index < -0.39 is 11.2 Å². The average Bonchev–Trinajstić information content (AvgIpc) is 3.13. The largest absolute Gasteiger partial charge is 0.444 e. The number of aromatic nitrogens is 5. The number of hydrogen-bond donors (Lipinski definition) is 2. The topological polar surface area (TPSA) is 131 Å². The van der Waals surface area contributed by atoms with Crippen LogP contribution in [-0.2, 0) is 16.9 Å². The molecule has 1 aromatic carbocycles. The summed E-state index contributed by atoms with van der Waals surface area (Å²) >= 11 is 0. The van der Waals surface area contributed by atoms with E-state index in [1.807, 2.05) is 63.3 Å². The number of ether oxygens (including phenoxy) is 1. The molecule has 1 fully saturated rings. The van der Waals surface area contributed by atoms with Crippen molar-refractivity contribution in [2.75, 3.05) is 36.4 Å². The predicted octanol–water partition coefficient (Wildman–Crippen LogP) is 4.73. The Balaban J connectivity index is 1.24. The molecule has 1 amide bonds. The summed E-state index contributed by atoms with van der Waals surface area (Å²) in [5.74, 6) is 0.832. The number of nitrogens with one attached hydrogen (secondary N) is 1. The molecule has 3 aromatic heterocycles. The Morgan fingerprint density at radius 1 is 1.02 bits per heavy atom. The smallest absolute Gasteiger partial charge is 0.410 e. The SMILES string of the molecule is CC(C)(C)OC(=O)N1CCCN(c2ccc(Nc3ncc4c(=O)n5n(c4n3)-c3cccc(n3)C(C)(O)CC/C=C\C5)cc2)CC1. The van der Waals surface area contributed by atoms with Crippen LogP contribution in [0.25, 0.3) is 16.9 Å². The number of benzene rings is 1. The zero-order chi connectivity index (χ0) is 31.8. The van der Waals surface area contributed by atoms with Crippen LogP contribution in [0.4, 0.5) is 22.1 Å². The van der Waals surface area contributed by atoms with Gasteiger partial charge in [0, 0.05) is 43.8 Å². The molecule has 45 heavy (non-hydrogen) atoms. The van der Waals surface area contributed by atoms with Crippen molar-refractivity contribution in [1.82, 2.24) is 29.2 Å². The van der Waals surface area contributed by atoms with E-state index in [-0.39, 0.29) is 11.7 Å². The van der Waals surface area contributed by atoms with Crippen LogP contribution in [0.1, 0.15) is 52.7 Å². The molecule has 2 aliphatic heterocycles. The van der Waals surface area contributed by atoms with Gasteiger partial charge in [0.05, 0.1) is 12.2 Å². The zero-order valence-electron chi connectivity index (χ0n) is 26.2. The normalized spacial score (nSPS) is 19.8. The number of amides is 1. The van der Waals surface area contributed by atoms with Crippen molar-refractivity contribution < 1.29 is 14.6 Å². The average molecular weight is 613 g/mol. The first-order chi connectivity index (χ1) is 21.5. The van der Waals surface area contributed by atoms with Crippen LogP contribution in [0.15, 0.2) is 65.6 Å². The number of nitrogens with zero attached hydrogens (tertiary/aromatic N) is 7. The Morgan fingerprint density at radius 2 is 1.82 bits per heavy atom. The minimum atomic E-state index is -1.11. The van der Waals surface area contributed by atoms with Crippen molar-refractivity contribution in [1.29, 1.82) is 0 Å². The van der Waals surface area contributed by atoms with Crippen molar-refractivity contribution in [3.05, 3.63) is 76.9 Å². The number of carbonyl (C=O) groups excluding carboxylic acids is 1. The van der Waals surface area contributed by atoms with Gasteiger partial charge in [0.1, 0.15) is 16.6 Å². The molecule has 0 aliphatic carbocycles. The van der Waals surface area contributed by atoms with E-state index in [0.29, 0.717) is 67.5 Å². The number of anilines is 3. The lowest BCUT2D eigenvalue weighted by atomic mass is 9.95. The lowest BCUT2D eigenvalue weighted by molar-refractivity contribution is 0.0263. The molecule has 2 aliphatic rings. The highest BCUT2D eigenvalue weighted by molar-refractivity contribution is 5.77. The van der Waals surface area contributed by atoms with Crippen molar-refractivity contribution >= 4 is 34.4 Å². The van der Waals surface area contributed by atoms with Crippen LogP contribution in [0.5, 0.6) is 0 Å². The van der Waals surface area contributed by atoms with Gasteiger partial charge in [0.25, 0.3) is 5.56 Å².